The number of nitrogens with zero attached hydrogens (tertiary/aromatic N) is 1. The molecule has 1 saturated heterocycles. The van der Waals surface area contributed by atoms with Gasteiger partial charge >= 0.3 is 0 Å². The van der Waals surface area contributed by atoms with E-state index in [1.165, 1.54) is 12.1 Å². The molecular formula is C13H15Cl2N. The van der Waals surface area contributed by atoms with E-state index in [2.05, 4.69) is 31.0 Å². The van der Waals surface area contributed by atoms with Gasteiger partial charge in [0.25, 0.3) is 0 Å². The molecule has 0 radical (unpaired) electrons. The molecule has 0 bridgehead atoms. The number of rotatable bonds is 1. The monoisotopic (exact) mass is 255 g/mol. The summed E-state index contributed by atoms with van der Waals surface area (Å²) in [5, 5.41) is 1.33. The molecule has 1 aromatic carbocycles. The van der Waals surface area contributed by atoms with Gasteiger partial charge in [0, 0.05) is 18.5 Å². The Bertz CT molecular complexity index is 446. The van der Waals surface area contributed by atoms with Crippen LogP contribution in [0.4, 0.5) is 0 Å². The van der Waals surface area contributed by atoms with Crippen molar-refractivity contribution in [3.05, 3.63) is 33.8 Å². The van der Waals surface area contributed by atoms with Gasteiger partial charge in [-0.3, -0.25) is 0 Å². The van der Waals surface area contributed by atoms with Crippen LogP contribution < -0.4 is 0 Å². The Morgan fingerprint density at radius 1 is 1.31 bits per heavy atom. The first-order valence-electron chi connectivity index (χ1n) is 5.70. The zero-order valence-electron chi connectivity index (χ0n) is 9.50. The lowest BCUT2D eigenvalue weighted by Gasteiger charge is -2.19. The first-order chi connectivity index (χ1) is 7.55. The van der Waals surface area contributed by atoms with E-state index in [0.717, 1.165) is 18.4 Å². The van der Waals surface area contributed by atoms with Gasteiger partial charge in [-0.05, 0) is 36.6 Å². The molecule has 0 spiro atoms. The normalized spacial score (nSPS) is 37.5. The summed E-state index contributed by atoms with van der Waals surface area (Å²) >= 11 is 12.1. The van der Waals surface area contributed by atoms with Crippen molar-refractivity contribution in [3.8, 4) is 0 Å². The molecule has 3 heteroatoms. The van der Waals surface area contributed by atoms with E-state index in [-0.39, 0.29) is 0 Å². The van der Waals surface area contributed by atoms with Gasteiger partial charge in [0.15, 0.2) is 0 Å². The molecule has 86 valence electrons. The highest BCUT2D eigenvalue weighted by Crippen LogP contribution is 2.63. The Morgan fingerprint density at radius 2 is 2.06 bits per heavy atom. The first kappa shape index (κ1) is 10.9. The third-order valence-corrected chi connectivity index (χ3v) is 5.20. The smallest absolute Gasteiger partial charge is 0.0595 e. The number of halogens is 2. The molecule has 3 rings (SSSR count). The maximum absolute atomic E-state index is 6.11. The lowest BCUT2D eigenvalue weighted by atomic mass is 9.93. The van der Waals surface area contributed by atoms with Gasteiger partial charge in [-0.1, -0.05) is 36.2 Å². The fraction of sp³-hybridized carbons (Fsp3) is 0.538. The van der Waals surface area contributed by atoms with Crippen molar-refractivity contribution < 1.29 is 0 Å². The van der Waals surface area contributed by atoms with Crippen molar-refractivity contribution in [3.63, 3.8) is 0 Å². The van der Waals surface area contributed by atoms with Gasteiger partial charge in [-0.25, -0.2) is 0 Å². The minimum absolute atomic E-state index is 0.350. The third-order valence-electron chi connectivity index (χ3n) is 4.47. The maximum Gasteiger partial charge on any atom is 0.0595 e. The molecule has 1 aliphatic carbocycles. The van der Waals surface area contributed by atoms with E-state index in [0.29, 0.717) is 15.5 Å². The molecule has 0 aromatic heterocycles. The molecule has 2 unspecified atom stereocenters. The largest absolute Gasteiger partial charge is 0.305 e. The van der Waals surface area contributed by atoms with Crippen molar-refractivity contribution in [2.45, 2.75) is 12.3 Å². The zero-order valence-corrected chi connectivity index (χ0v) is 11.0. The van der Waals surface area contributed by atoms with Crippen molar-refractivity contribution in [2.75, 3.05) is 20.1 Å². The van der Waals surface area contributed by atoms with Crippen molar-refractivity contribution in [2.24, 2.45) is 11.8 Å². The molecule has 0 amide bonds. The topological polar surface area (TPSA) is 3.24 Å². The van der Waals surface area contributed by atoms with Crippen LogP contribution in [-0.2, 0) is 5.41 Å². The van der Waals surface area contributed by atoms with Crippen molar-refractivity contribution in [1.82, 2.24) is 4.90 Å². The zero-order chi connectivity index (χ0) is 11.5. The standard InChI is InChI=1S/C13H15Cl2N/c1-8-10-6-16(2)7-13(8,10)9-3-4-11(14)12(15)5-9/h3-5,8,10H,6-7H2,1-2H3/t8-,10?,13?/m1/s1. The van der Waals surface area contributed by atoms with Crippen LogP contribution in [0.2, 0.25) is 10.0 Å². The van der Waals surface area contributed by atoms with E-state index in [1.807, 2.05) is 6.07 Å². The highest BCUT2D eigenvalue weighted by molar-refractivity contribution is 6.42. The summed E-state index contributed by atoms with van der Waals surface area (Å²) in [5.41, 5.74) is 1.71. The summed E-state index contributed by atoms with van der Waals surface area (Å²) in [6, 6.07) is 6.12. The molecule has 2 fully saturated rings. The molecule has 3 atom stereocenters. The van der Waals surface area contributed by atoms with Crippen molar-refractivity contribution >= 4 is 23.2 Å². The second-order valence-corrected chi connectivity index (χ2v) is 6.08. The minimum Gasteiger partial charge on any atom is -0.305 e. The molecule has 0 N–H and O–H groups in total. The van der Waals surface area contributed by atoms with Gasteiger partial charge in [0.05, 0.1) is 10.0 Å². The summed E-state index contributed by atoms with van der Waals surface area (Å²) in [7, 11) is 2.19. The highest BCUT2D eigenvalue weighted by Gasteiger charge is 2.66. The number of hydrogen-bond acceptors (Lipinski definition) is 1. The van der Waals surface area contributed by atoms with Crippen LogP contribution in [0.3, 0.4) is 0 Å². The number of benzene rings is 1. The SMILES string of the molecule is C[C@@H]1C2CN(C)CC21c1ccc(Cl)c(Cl)c1. The van der Waals surface area contributed by atoms with Gasteiger partial charge in [0.2, 0.25) is 0 Å². The molecule has 2 aliphatic rings. The van der Waals surface area contributed by atoms with Crippen LogP contribution in [0, 0.1) is 11.8 Å². The second-order valence-electron chi connectivity index (χ2n) is 5.26. The maximum atomic E-state index is 6.11. The molecular weight excluding hydrogens is 241 g/mol. The van der Waals surface area contributed by atoms with Gasteiger partial charge in [-0.2, -0.15) is 0 Å². The molecule has 1 heterocycles. The average Bonchev–Trinajstić information content (AvgIpc) is 2.65. The second kappa shape index (κ2) is 3.38. The first-order valence-corrected chi connectivity index (χ1v) is 6.45. The van der Waals surface area contributed by atoms with E-state index in [1.54, 1.807) is 0 Å². The predicted molar refractivity (Wildman–Crippen MR) is 68.3 cm³/mol. The van der Waals surface area contributed by atoms with Crippen LogP contribution in [-0.4, -0.2) is 25.0 Å². The lowest BCUT2D eigenvalue weighted by Crippen LogP contribution is -2.24. The summed E-state index contributed by atoms with van der Waals surface area (Å²) < 4.78 is 0. The Kier molecular flexibility index (Phi) is 2.30. The summed E-state index contributed by atoms with van der Waals surface area (Å²) in [6.45, 7) is 4.71. The fourth-order valence-corrected chi connectivity index (χ4v) is 3.81. The Balaban J connectivity index is 2.01. The van der Waals surface area contributed by atoms with E-state index >= 15 is 0 Å². The number of likely N-dealkylation sites (tertiary alicyclic amines) is 1. The molecule has 1 saturated carbocycles. The molecule has 1 aliphatic heterocycles. The van der Waals surface area contributed by atoms with Crippen LogP contribution in [0.5, 0.6) is 0 Å². The summed E-state index contributed by atoms with van der Waals surface area (Å²) in [6.07, 6.45) is 0. The lowest BCUT2D eigenvalue weighted by molar-refractivity contribution is 0.338. The van der Waals surface area contributed by atoms with Crippen LogP contribution >= 0.6 is 23.2 Å². The number of piperidine rings is 1. The fourth-order valence-electron chi connectivity index (χ4n) is 3.51. The molecule has 1 aromatic rings. The van der Waals surface area contributed by atoms with Crippen LogP contribution in [0.25, 0.3) is 0 Å². The van der Waals surface area contributed by atoms with Crippen molar-refractivity contribution in [1.29, 1.82) is 0 Å². The number of fused-ring (bicyclic) bond motifs is 1. The number of likely N-dealkylation sites (N-methyl/N-ethyl adjacent to an activating group) is 1. The highest BCUT2D eigenvalue weighted by atomic mass is 35.5. The molecule has 1 nitrogen and oxygen atoms in total. The van der Waals surface area contributed by atoms with E-state index < -0.39 is 0 Å². The van der Waals surface area contributed by atoms with Crippen LogP contribution in [0.1, 0.15) is 12.5 Å². The Hall–Kier alpha value is -0.240. The third kappa shape index (κ3) is 1.28. The quantitative estimate of drug-likeness (QED) is 0.744. The van der Waals surface area contributed by atoms with Gasteiger partial charge < -0.3 is 4.90 Å². The Labute approximate surface area is 106 Å². The van der Waals surface area contributed by atoms with Gasteiger partial charge in [-0.15, -0.1) is 0 Å². The average molecular weight is 256 g/mol. The predicted octanol–water partition coefficient (Wildman–Crippen LogP) is 3.44. The Morgan fingerprint density at radius 3 is 2.69 bits per heavy atom. The number of hydrogen-bond donors (Lipinski definition) is 0. The minimum atomic E-state index is 0.350. The summed E-state index contributed by atoms with van der Waals surface area (Å²) in [4.78, 5) is 2.41. The summed E-state index contributed by atoms with van der Waals surface area (Å²) in [5.74, 6) is 1.58. The van der Waals surface area contributed by atoms with Crippen LogP contribution in [0.15, 0.2) is 18.2 Å². The van der Waals surface area contributed by atoms with E-state index in [9.17, 15) is 0 Å². The molecule has 16 heavy (non-hydrogen) atoms. The van der Waals surface area contributed by atoms with Gasteiger partial charge in [0.1, 0.15) is 0 Å². The van der Waals surface area contributed by atoms with E-state index in [4.69, 9.17) is 23.2 Å².